The van der Waals surface area contributed by atoms with Crippen LogP contribution in [0.5, 0.6) is 0 Å². The van der Waals surface area contributed by atoms with E-state index < -0.39 is 15.6 Å². The van der Waals surface area contributed by atoms with E-state index in [2.05, 4.69) is 59.8 Å². The molecule has 28 heavy (non-hydrogen) atoms. The van der Waals surface area contributed by atoms with Gasteiger partial charge in [-0.15, -0.1) is 0 Å². The molecule has 2 fully saturated rings. The molecule has 2 aliphatic carbocycles. The van der Waals surface area contributed by atoms with E-state index in [4.69, 9.17) is 17.7 Å². The van der Waals surface area contributed by atoms with Crippen LogP contribution >= 0.6 is 0 Å². The van der Waals surface area contributed by atoms with Crippen molar-refractivity contribution in [3.8, 4) is 0 Å². The van der Waals surface area contributed by atoms with Gasteiger partial charge in [0.1, 0.15) is 17.8 Å². The summed E-state index contributed by atoms with van der Waals surface area (Å²) in [5.74, 6) is 0.795. The Labute approximate surface area is 170 Å². The minimum absolute atomic E-state index is 0.243. The average Bonchev–Trinajstić information content (AvgIpc) is 2.81. The fourth-order valence-electron chi connectivity index (χ4n) is 4.40. The van der Waals surface area contributed by atoms with Crippen molar-refractivity contribution in [3.05, 3.63) is 12.0 Å². The smallest absolute Gasteiger partial charge is 0.485 e. The lowest BCUT2D eigenvalue weighted by molar-refractivity contribution is -0.0672. The molecule has 9 heteroatoms. The second-order valence-corrected chi connectivity index (χ2v) is 13.2. The summed E-state index contributed by atoms with van der Waals surface area (Å²) in [6, 6.07) is 0. The van der Waals surface area contributed by atoms with Crippen molar-refractivity contribution < 1.29 is 30.9 Å². The molecule has 0 aromatic heterocycles. The number of halogens is 3. The molecule has 0 heterocycles. The van der Waals surface area contributed by atoms with Gasteiger partial charge in [-0.3, -0.25) is 0 Å². The van der Waals surface area contributed by atoms with Gasteiger partial charge in [0.15, 0.2) is 15.4 Å². The van der Waals surface area contributed by atoms with Crippen molar-refractivity contribution >= 4 is 21.0 Å². The third-order valence-corrected chi connectivity index (χ3v) is 8.90. The lowest BCUT2D eigenvalue weighted by Crippen LogP contribution is -2.45. The fourth-order valence-corrected chi connectivity index (χ4v) is 6.39. The first-order valence-corrected chi connectivity index (χ1v) is 12.4. The van der Waals surface area contributed by atoms with Crippen LogP contribution in [0, 0.1) is 22.2 Å². The summed E-state index contributed by atoms with van der Waals surface area (Å²) in [5.41, 5.74) is -4.68. The van der Waals surface area contributed by atoms with Crippen molar-refractivity contribution in [1.82, 2.24) is 0 Å². The first kappa shape index (κ1) is 25.8. The maximum atomic E-state index is 10.7. The van der Waals surface area contributed by atoms with Crippen molar-refractivity contribution in [1.29, 1.82) is 0 Å². The normalized spacial score (nSPS) is 33.2. The number of alkyl halides is 3. The predicted molar refractivity (Wildman–Crippen MR) is 107 cm³/mol. The molecule has 0 N–H and O–H groups in total. The Hall–Kier alpha value is -0.250. The van der Waals surface area contributed by atoms with Crippen molar-refractivity contribution in [3.63, 3.8) is 0 Å². The maximum Gasteiger partial charge on any atom is 0.485 e. The highest BCUT2D eigenvalue weighted by Crippen LogP contribution is 2.67. The molecular formula is C19H33F3O4S2. The molecule has 166 valence electrons. The van der Waals surface area contributed by atoms with Gasteiger partial charge in [-0.2, -0.15) is 13.2 Å². The Morgan fingerprint density at radius 1 is 1.25 bits per heavy atom. The quantitative estimate of drug-likeness (QED) is 0.357. The molecule has 4 nitrogen and oxygen atoms in total. The van der Waals surface area contributed by atoms with Crippen LogP contribution in [0.2, 0.25) is 0 Å². The fraction of sp³-hybridized carbons (Fsp3) is 0.895. The van der Waals surface area contributed by atoms with Gasteiger partial charge >= 0.3 is 5.51 Å². The molecule has 0 aromatic carbocycles. The van der Waals surface area contributed by atoms with Crippen LogP contribution in [0.15, 0.2) is 12.0 Å². The number of rotatable bonds is 4. The van der Waals surface area contributed by atoms with E-state index >= 15 is 0 Å². The Morgan fingerprint density at radius 2 is 1.71 bits per heavy atom. The van der Waals surface area contributed by atoms with Crippen molar-refractivity contribution in [2.24, 2.45) is 22.2 Å². The molecule has 0 saturated heterocycles. The molecule has 0 spiro atoms. The van der Waals surface area contributed by atoms with Gasteiger partial charge in [0.05, 0.1) is 6.61 Å². The summed E-state index contributed by atoms with van der Waals surface area (Å²) < 4.78 is 65.4. The lowest BCUT2D eigenvalue weighted by atomic mass is 9.70. The van der Waals surface area contributed by atoms with E-state index in [0.29, 0.717) is 22.2 Å². The third-order valence-electron chi connectivity index (χ3n) is 6.37. The third kappa shape index (κ3) is 5.08. The van der Waals surface area contributed by atoms with Gasteiger partial charge < -0.3 is 9.29 Å². The zero-order valence-corrected chi connectivity index (χ0v) is 19.4. The van der Waals surface area contributed by atoms with Gasteiger partial charge in [0.25, 0.3) is 0 Å². The van der Waals surface area contributed by atoms with E-state index in [-0.39, 0.29) is 16.3 Å². The molecule has 2 aliphatic rings. The van der Waals surface area contributed by atoms with Gasteiger partial charge in [0.2, 0.25) is 0 Å². The van der Waals surface area contributed by atoms with E-state index in [1.54, 1.807) is 0 Å². The SMILES string of the molecule is C=C[S+](C)[C@@H]1[C@H]2CC[C@@](C)([C@@H]1OCC(C)(C)C)C2(C)C.O=S(=O)([O-])C(F)(F)F. The summed E-state index contributed by atoms with van der Waals surface area (Å²) in [4.78, 5) is 0. The first-order chi connectivity index (χ1) is 12.3. The van der Waals surface area contributed by atoms with Crippen LogP contribution in [0.3, 0.4) is 0 Å². The molecule has 1 unspecified atom stereocenters. The topological polar surface area (TPSA) is 66.4 Å². The second kappa shape index (κ2) is 8.12. The van der Waals surface area contributed by atoms with E-state index in [1.165, 1.54) is 12.8 Å². The zero-order chi connectivity index (χ0) is 22.3. The van der Waals surface area contributed by atoms with Gasteiger partial charge in [-0.1, -0.05) is 48.1 Å². The number of ether oxygens (including phenoxy) is 1. The Kier molecular flexibility index (Phi) is 7.47. The summed E-state index contributed by atoms with van der Waals surface area (Å²) in [5, 5.41) is 2.83. The van der Waals surface area contributed by atoms with Gasteiger partial charge in [0, 0.05) is 22.2 Å². The Balaban J connectivity index is 0.000000416. The van der Waals surface area contributed by atoms with Crippen LogP contribution in [0.1, 0.15) is 54.4 Å². The van der Waals surface area contributed by atoms with Gasteiger partial charge in [-0.05, 0) is 23.7 Å². The summed E-state index contributed by atoms with van der Waals surface area (Å²) in [6.07, 6.45) is 5.45. The first-order valence-electron chi connectivity index (χ1n) is 9.19. The van der Waals surface area contributed by atoms with E-state index in [9.17, 15) is 13.2 Å². The zero-order valence-electron chi connectivity index (χ0n) is 17.7. The van der Waals surface area contributed by atoms with Crippen molar-refractivity contribution in [2.45, 2.75) is 71.2 Å². The largest absolute Gasteiger partial charge is 0.741 e. The minimum atomic E-state index is -6.09. The molecule has 0 radical (unpaired) electrons. The second-order valence-electron chi connectivity index (χ2n) is 9.72. The molecular weight excluding hydrogens is 413 g/mol. The summed E-state index contributed by atoms with van der Waals surface area (Å²) in [7, 11) is -5.83. The molecule has 2 bridgehead atoms. The summed E-state index contributed by atoms with van der Waals surface area (Å²) >= 11 is 0. The van der Waals surface area contributed by atoms with E-state index in [0.717, 1.165) is 12.5 Å². The predicted octanol–water partition coefficient (Wildman–Crippen LogP) is 4.69. The van der Waals surface area contributed by atoms with Gasteiger partial charge in [-0.25, -0.2) is 8.42 Å². The molecule has 5 atom stereocenters. The van der Waals surface area contributed by atoms with Crippen molar-refractivity contribution in [2.75, 3.05) is 12.9 Å². The average molecular weight is 447 g/mol. The van der Waals surface area contributed by atoms with Crippen LogP contribution in [-0.4, -0.2) is 42.7 Å². The highest BCUT2D eigenvalue weighted by atomic mass is 32.2. The molecule has 2 rings (SSSR count). The monoisotopic (exact) mass is 446 g/mol. The number of hydrogen-bond donors (Lipinski definition) is 0. The molecule has 0 aromatic rings. The van der Waals surface area contributed by atoms with Crippen LogP contribution in [0.4, 0.5) is 13.2 Å². The van der Waals surface area contributed by atoms with E-state index in [1.807, 2.05) is 0 Å². The number of hydrogen-bond acceptors (Lipinski definition) is 4. The highest BCUT2D eigenvalue weighted by Gasteiger charge is 2.70. The molecule has 2 saturated carbocycles. The Bertz CT molecular complexity index is 668. The molecule has 0 amide bonds. The standard InChI is InChI=1S/C18H33OS.CHF3O3S/c1-9-20(8)14-13-10-11-18(7,17(13,5)6)15(14)19-12-16(2,3)4;2-1(3,4)8(5,6)7/h9,13-15H,1,10-12H2,2-8H3;(H,5,6,7)/q+1;/p-1/t13-,14-,15-,18+,20?;/m1./s1. The van der Waals surface area contributed by atoms with Crippen LogP contribution in [-0.2, 0) is 25.7 Å². The Morgan fingerprint density at radius 3 is 2.07 bits per heavy atom. The lowest BCUT2D eigenvalue weighted by Gasteiger charge is -2.39. The maximum absolute atomic E-state index is 10.7. The van der Waals surface area contributed by atoms with Crippen LogP contribution in [0.25, 0.3) is 0 Å². The highest BCUT2D eigenvalue weighted by molar-refractivity contribution is 7.99. The summed E-state index contributed by atoms with van der Waals surface area (Å²) in [6.45, 7) is 19.1. The van der Waals surface area contributed by atoms with Crippen LogP contribution < -0.4 is 0 Å². The minimum Gasteiger partial charge on any atom is -0.741 e. The number of fused-ring (bicyclic) bond motifs is 2. The molecule has 0 aliphatic heterocycles.